The SMILES string of the molecule is COc1cc(C#N)ccc1OC(=O)Cc1csc(-c2ccc(F)cc2)n1. The number of nitrogens with zero attached hydrogens (tertiary/aromatic N) is 2. The summed E-state index contributed by atoms with van der Waals surface area (Å²) >= 11 is 1.37. The lowest BCUT2D eigenvalue weighted by molar-refractivity contribution is -0.133. The molecule has 3 rings (SSSR count). The van der Waals surface area contributed by atoms with Gasteiger partial charge in [0.25, 0.3) is 0 Å². The van der Waals surface area contributed by atoms with Gasteiger partial charge in [-0.2, -0.15) is 5.26 Å². The van der Waals surface area contributed by atoms with Crippen LogP contribution in [0, 0.1) is 17.1 Å². The van der Waals surface area contributed by atoms with E-state index in [9.17, 15) is 9.18 Å². The number of aromatic nitrogens is 1. The van der Waals surface area contributed by atoms with Crippen LogP contribution in [-0.4, -0.2) is 18.1 Å². The maximum absolute atomic E-state index is 13.0. The lowest BCUT2D eigenvalue weighted by Crippen LogP contribution is -2.12. The Morgan fingerprint density at radius 3 is 2.69 bits per heavy atom. The number of halogens is 1. The Kier molecular flexibility index (Phi) is 5.25. The quantitative estimate of drug-likeness (QED) is 0.503. The molecule has 5 nitrogen and oxygen atoms in total. The Morgan fingerprint density at radius 1 is 1.23 bits per heavy atom. The zero-order valence-corrected chi connectivity index (χ0v) is 14.5. The lowest BCUT2D eigenvalue weighted by Gasteiger charge is -2.08. The van der Waals surface area contributed by atoms with E-state index in [4.69, 9.17) is 14.7 Å². The molecule has 130 valence electrons. The Hall–Kier alpha value is -3.24. The predicted octanol–water partition coefficient (Wildman–Crippen LogP) is 3.98. The number of ether oxygens (including phenoxy) is 2. The van der Waals surface area contributed by atoms with Crippen LogP contribution in [-0.2, 0) is 11.2 Å². The van der Waals surface area contributed by atoms with E-state index >= 15 is 0 Å². The molecule has 1 heterocycles. The smallest absolute Gasteiger partial charge is 0.317 e. The molecule has 2 aromatic carbocycles. The summed E-state index contributed by atoms with van der Waals surface area (Å²) in [4.78, 5) is 16.5. The average molecular weight is 368 g/mol. The summed E-state index contributed by atoms with van der Waals surface area (Å²) in [5.41, 5.74) is 1.75. The Bertz CT molecular complexity index is 977. The van der Waals surface area contributed by atoms with Crippen molar-refractivity contribution in [2.75, 3.05) is 7.11 Å². The summed E-state index contributed by atoms with van der Waals surface area (Å²) in [5, 5.41) is 11.4. The third-order valence-corrected chi connectivity index (χ3v) is 4.43. The van der Waals surface area contributed by atoms with E-state index in [1.807, 2.05) is 6.07 Å². The number of esters is 1. The van der Waals surface area contributed by atoms with E-state index in [2.05, 4.69) is 4.98 Å². The molecule has 1 aromatic heterocycles. The van der Waals surface area contributed by atoms with Crippen LogP contribution < -0.4 is 9.47 Å². The summed E-state index contributed by atoms with van der Waals surface area (Å²) in [6.45, 7) is 0. The zero-order valence-electron chi connectivity index (χ0n) is 13.7. The van der Waals surface area contributed by atoms with Crippen LogP contribution in [0.3, 0.4) is 0 Å². The first-order chi connectivity index (χ1) is 12.6. The van der Waals surface area contributed by atoms with Crippen molar-refractivity contribution < 1.29 is 18.7 Å². The number of thiazole rings is 1. The number of hydrogen-bond donors (Lipinski definition) is 0. The van der Waals surface area contributed by atoms with Gasteiger partial charge in [-0.1, -0.05) is 0 Å². The van der Waals surface area contributed by atoms with E-state index in [1.54, 1.807) is 23.6 Å². The van der Waals surface area contributed by atoms with Crippen molar-refractivity contribution in [1.82, 2.24) is 4.98 Å². The molecule has 0 N–H and O–H groups in total. The van der Waals surface area contributed by atoms with E-state index in [0.29, 0.717) is 22.0 Å². The van der Waals surface area contributed by atoms with Gasteiger partial charge in [0.05, 0.1) is 30.9 Å². The highest BCUT2D eigenvalue weighted by Crippen LogP contribution is 2.29. The fourth-order valence-corrected chi connectivity index (χ4v) is 3.07. The number of carbonyl (C=O) groups excluding carboxylic acids is 1. The van der Waals surface area contributed by atoms with Gasteiger partial charge in [0.2, 0.25) is 0 Å². The molecule has 0 saturated carbocycles. The van der Waals surface area contributed by atoms with Crippen molar-refractivity contribution in [3.05, 3.63) is 64.9 Å². The fraction of sp³-hybridized carbons (Fsp3) is 0.105. The first-order valence-electron chi connectivity index (χ1n) is 7.58. The average Bonchev–Trinajstić information content (AvgIpc) is 3.11. The molecule has 0 unspecified atom stereocenters. The first-order valence-corrected chi connectivity index (χ1v) is 8.46. The van der Waals surface area contributed by atoms with Crippen LogP contribution >= 0.6 is 11.3 Å². The second-order valence-corrected chi connectivity index (χ2v) is 6.14. The van der Waals surface area contributed by atoms with Crippen molar-refractivity contribution >= 4 is 17.3 Å². The van der Waals surface area contributed by atoms with Gasteiger partial charge in [-0.15, -0.1) is 11.3 Å². The Balaban J connectivity index is 1.69. The van der Waals surface area contributed by atoms with Crippen LogP contribution in [0.5, 0.6) is 11.5 Å². The molecule has 0 aliphatic rings. The molecule has 0 bridgehead atoms. The molecule has 0 amide bonds. The maximum Gasteiger partial charge on any atom is 0.317 e. The molecule has 3 aromatic rings. The van der Waals surface area contributed by atoms with Crippen LogP contribution in [0.4, 0.5) is 4.39 Å². The van der Waals surface area contributed by atoms with E-state index in [1.165, 1.54) is 42.7 Å². The number of hydrogen-bond acceptors (Lipinski definition) is 6. The Labute approximate surface area is 153 Å². The van der Waals surface area contributed by atoms with Gasteiger partial charge in [0.1, 0.15) is 10.8 Å². The molecule has 0 atom stereocenters. The summed E-state index contributed by atoms with van der Waals surface area (Å²) < 4.78 is 23.4. The Morgan fingerprint density at radius 2 is 2.00 bits per heavy atom. The topological polar surface area (TPSA) is 72.2 Å². The van der Waals surface area contributed by atoms with Crippen LogP contribution in [0.1, 0.15) is 11.3 Å². The molecule has 0 aliphatic carbocycles. The van der Waals surface area contributed by atoms with Gasteiger partial charge in [0, 0.05) is 17.0 Å². The van der Waals surface area contributed by atoms with E-state index in [-0.39, 0.29) is 18.0 Å². The normalized spacial score (nSPS) is 10.2. The molecule has 0 fully saturated rings. The van der Waals surface area contributed by atoms with Gasteiger partial charge in [-0.3, -0.25) is 4.79 Å². The third kappa shape index (κ3) is 4.05. The van der Waals surface area contributed by atoms with Crippen molar-refractivity contribution in [1.29, 1.82) is 5.26 Å². The van der Waals surface area contributed by atoms with Crippen molar-refractivity contribution in [3.63, 3.8) is 0 Å². The monoisotopic (exact) mass is 368 g/mol. The summed E-state index contributed by atoms with van der Waals surface area (Å²) in [7, 11) is 1.43. The highest BCUT2D eigenvalue weighted by molar-refractivity contribution is 7.13. The second kappa shape index (κ2) is 7.76. The molecule has 0 radical (unpaired) electrons. The number of carbonyl (C=O) groups is 1. The number of benzene rings is 2. The maximum atomic E-state index is 13.0. The lowest BCUT2D eigenvalue weighted by atomic mass is 10.2. The van der Waals surface area contributed by atoms with Crippen LogP contribution in [0.2, 0.25) is 0 Å². The first kappa shape index (κ1) is 17.6. The largest absolute Gasteiger partial charge is 0.493 e. The number of rotatable bonds is 5. The minimum absolute atomic E-state index is 0.0130. The van der Waals surface area contributed by atoms with Gasteiger partial charge in [-0.05, 0) is 36.4 Å². The minimum atomic E-state index is -0.496. The van der Waals surface area contributed by atoms with Gasteiger partial charge >= 0.3 is 5.97 Å². The number of nitriles is 1. The van der Waals surface area contributed by atoms with E-state index in [0.717, 1.165) is 5.56 Å². The van der Waals surface area contributed by atoms with Crippen molar-refractivity contribution in [2.24, 2.45) is 0 Å². The molecule has 0 saturated heterocycles. The zero-order chi connectivity index (χ0) is 18.5. The van der Waals surface area contributed by atoms with Crippen molar-refractivity contribution in [3.8, 4) is 28.1 Å². The summed E-state index contributed by atoms with van der Waals surface area (Å²) in [5.74, 6) is -0.261. The highest BCUT2D eigenvalue weighted by Gasteiger charge is 2.14. The second-order valence-electron chi connectivity index (χ2n) is 5.28. The highest BCUT2D eigenvalue weighted by atomic mass is 32.1. The molecule has 7 heteroatoms. The van der Waals surface area contributed by atoms with E-state index < -0.39 is 5.97 Å². The summed E-state index contributed by atoms with van der Waals surface area (Å²) in [6, 6.07) is 12.5. The minimum Gasteiger partial charge on any atom is -0.493 e. The summed E-state index contributed by atoms with van der Waals surface area (Å²) in [6.07, 6.45) is -0.0130. The molecule has 0 aliphatic heterocycles. The molecule has 26 heavy (non-hydrogen) atoms. The standard InChI is InChI=1S/C19H13FN2O3S/c1-24-17-8-12(10-21)2-7-16(17)25-18(23)9-15-11-26-19(22-15)13-3-5-14(20)6-4-13/h2-8,11H,9H2,1H3. The van der Waals surface area contributed by atoms with Gasteiger partial charge in [0.15, 0.2) is 11.5 Å². The van der Waals surface area contributed by atoms with Gasteiger partial charge < -0.3 is 9.47 Å². The number of methoxy groups -OCH3 is 1. The third-order valence-electron chi connectivity index (χ3n) is 3.48. The van der Waals surface area contributed by atoms with Crippen molar-refractivity contribution in [2.45, 2.75) is 6.42 Å². The molecular weight excluding hydrogens is 355 g/mol. The molecular formula is C19H13FN2O3S. The van der Waals surface area contributed by atoms with Gasteiger partial charge in [-0.25, -0.2) is 9.37 Å². The fourth-order valence-electron chi connectivity index (χ4n) is 2.24. The van der Waals surface area contributed by atoms with Crippen LogP contribution in [0.15, 0.2) is 47.8 Å². The van der Waals surface area contributed by atoms with Crippen LogP contribution in [0.25, 0.3) is 10.6 Å². The predicted molar refractivity (Wildman–Crippen MR) is 94.6 cm³/mol. The molecule has 0 spiro atoms.